The number of nitrogens with one attached hydrogen (secondary N) is 2. The molecule has 26 heavy (non-hydrogen) atoms. The van der Waals surface area contributed by atoms with E-state index in [0.29, 0.717) is 22.7 Å². The Kier molecular flexibility index (Phi) is 7.16. The Labute approximate surface area is 159 Å². The largest absolute Gasteiger partial charge is 0.493 e. The van der Waals surface area contributed by atoms with Crippen molar-refractivity contribution in [3.05, 3.63) is 52.5 Å². The van der Waals surface area contributed by atoms with Crippen molar-refractivity contribution in [3.63, 3.8) is 0 Å². The van der Waals surface area contributed by atoms with E-state index in [1.807, 2.05) is 6.07 Å². The molecule has 0 aromatic heterocycles. The minimum absolute atomic E-state index is 0.334. The fraction of sp³-hybridized carbons (Fsp3) is 0.167. The molecule has 0 saturated heterocycles. The first kappa shape index (κ1) is 19.5. The van der Waals surface area contributed by atoms with Crippen molar-refractivity contribution in [2.75, 3.05) is 19.5 Å². The fourth-order valence-corrected chi connectivity index (χ4v) is 2.48. The number of rotatable bonds is 7. The molecule has 0 aliphatic heterocycles. The van der Waals surface area contributed by atoms with Crippen molar-refractivity contribution < 1.29 is 19.1 Å². The van der Waals surface area contributed by atoms with Crippen LogP contribution >= 0.6 is 15.9 Å². The maximum absolute atomic E-state index is 11.8. The van der Waals surface area contributed by atoms with Gasteiger partial charge in [0.25, 0.3) is 0 Å². The van der Waals surface area contributed by atoms with Gasteiger partial charge in [0.1, 0.15) is 6.42 Å². The number of hydrazone groups is 1. The minimum atomic E-state index is -0.522. The number of anilines is 1. The molecule has 0 aliphatic rings. The van der Waals surface area contributed by atoms with Gasteiger partial charge in [-0.15, -0.1) is 0 Å². The number of methoxy groups -OCH3 is 2. The number of benzene rings is 2. The molecule has 7 nitrogen and oxygen atoms in total. The molecule has 2 aromatic carbocycles. The first-order valence-corrected chi connectivity index (χ1v) is 8.41. The van der Waals surface area contributed by atoms with Gasteiger partial charge in [-0.3, -0.25) is 9.59 Å². The van der Waals surface area contributed by atoms with Crippen molar-refractivity contribution in [1.82, 2.24) is 5.43 Å². The van der Waals surface area contributed by atoms with E-state index >= 15 is 0 Å². The third-order valence-electron chi connectivity index (χ3n) is 3.27. The smallest absolute Gasteiger partial charge is 0.249 e. The maximum atomic E-state index is 11.8. The van der Waals surface area contributed by atoms with Crippen LogP contribution in [-0.2, 0) is 9.59 Å². The molecule has 0 fully saturated rings. The average molecular weight is 420 g/mol. The third kappa shape index (κ3) is 5.59. The van der Waals surface area contributed by atoms with Gasteiger partial charge in [-0.2, -0.15) is 5.10 Å². The predicted octanol–water partition coefficient (Wildman–Crippen LogP) is 2.95. The SMILES string of the molecule is COc1cc(Br)c(C=NNC(=O)CC(=O)Nc2ccccc2)cc1OC. The molecule has 0 spiro atoms. The minimum Gasteiger partial charge on any atom is -0.493 e. The Bertz CT molecular complexity index is 810. The first-order chi connectivity index (χ1) is 12.5. The van der Waals surface area contributed by atoms with Gasteiger partial charge in [-0.05, 0) is 40.2 Å². The zero-order valence-corrected chi connectivity index (χ0v) is 15.9. The van der Waals surface area contributed by atoms with E-state index in [1.54, 1.807) is 43.5 Å². The molecule has 2 rings (SSSR count). The van der Waals surface area contributed by atoms with Gasteiger partial charge < -0.3 is 14.8 Å². The Morgan fingerprint density at radius 3 is 2.38 bits per heavy atom. The van der Waals surface area contributed by atoms with Gasteiger partial charge in [0.15, 0.2) is 11.5 Å². The van der Waals surface area contributed by atoms with Gasteiger partial charge in [-0.1, -0.05) is 18.2 Å². The molecule has 2 amide bonds. The van der Waals surface area contributed by atoms with E-state index < -0.39 is 11.8 Å². The van der Waals surface area contributed by atoms with Crippen molar-refractivity contribution in [1.29, 1.82) is 0 Å². The highest BCUT2D eigenvalue weighted by atomic mass is 79.9. The second-order valence-electron chi connectivity index (χ2n) is 5.11. The van der Waals surface area contributed by atoms with Crippen molar-refractivity contribution in [2.45, 2.75) is 6.42 Å². The standard InChI is InChI=1S/C18H18BrN3O4/c1-25-15-8-12(14(19)9-16(15)26-2)11-20-22-18(24)10-17(23)21-13-6-4-3-5-7-13/h3-9,11H,10H2,1-2H3,(H,21,23)(H,22,24). The van der Waals surface area contributed by atoms with E-state index in [2.05, 4.69) is 31.8 Å². The van der Waals surface area contributed by atoms with Crippen LogP contribution in [0, 0.1) is 0 Å². The number of halogens is 1. The van der Waals surface area contributed by atoms with Gasteiger partial charge in [0.05, 0.1) is 20.4 Å². The van der Waals surface area contributed by atoms with Crippen LogP contribution < -0.4 is 20.2 Å². The van der Waals surface area contributed by atoms with Crippen LogP contribution in [0.25, 0.3) is 0 Å². The molecule has 0 heterocycles. The number of carbonyl (C=O) groups is 2. The monoisotopic (exact) mass is 419 g/mol. The third-order valence-corrected chi connectivity index (χ3v) is 3.96. The van der Waals surface area contributed by atoms with Crippen LogP contribution in [0.5, 0.6) is 11.5 Å². The molecule has 0 radical (unpaired) electrons. The summed E-state index contributed by atoms with van der Waals surface area (Å²) in [4.78, 5) is 23.6. The number of nitrogens with zero attached hydrogens (tertiary/aromatic N) is 1. The summed E-state index contributed by atoms with van der Waals surface area (Å²) in [5.41, 5.74) is 3.62. The summed E-state index contributed by atoms with van der Waals surface area (Å²) in [5, 5.41) is 6.49. The van der Waals surface area contributed by atoms with E-state index in [0.717, 1.165) is 4.47 Å². The summed E-state index contributed by atoms with van der Waals surface area (Å²) in [6, 6.07) is 12.3. The topological polar surface area (TPSA) is 89.0 Å². The average Bonchev–Trinajstić information content (AvgIpc) is 2.63. The number of hydrogen-bond donors (Lipinski definition) is 2. The molecule has 0 saturated carbocycles. The van der Waals surface area contributed by atoms with Crippen LogP contribution in [-0.4, -0.2) is 32.2 Å². The highest BCUT2D eigenvalue weighted by Gasteiger charge is 2.10. The lowest BCUT2D eigenvalue weighted by Crippen LogP contribution is -2.24. The quantitative estimate of drug-likeness (QED) is 0.410. The van der Waals surface area contributed by atoms with E-state index in [-0.39, 0.29) is 6.42 Å². The van der Waals surface area contributed by atoms with Crippen molar-refractivity contribution in [3.8, 4) is 11.5 Å². The summed E-state index contributed by atoms with van der Waals surface area (Å²) >= 11 is 3.39. The number of hydrogen-bond acceptors (Lipinski definition) is 5. The Morgan fingerprint density at radius 2 is 1.73 bits per heavy atom. The summed E-state index contributed by atoms with van der Waals surface area (Å²) in [6.45, 7) is 0. The lowest BCUT2D eigenvalue weighted by Gasteiger charge is -2.09. The van der Waals surface area contributed by atoms with Gasteiger partial charge in [-0.25, -0.2) is 5.43 Å². The summed E-state index contributed by atoms with van der Waals surface area (Å²) < 4.78 is 11.1. The molecule has 0 unspecified atom stereocenters. The van der Waals surface area contributed by atoms with Crippen LogP contribution in [0.1, 0.15) is 12.0 Å². The van der Waals surface area contributed by atoms with Crippen LogP contribution in [0.15, 0.2) is 52.0 Å². The second kappa shape index (κ2) is 9.57. The Hall–Kier alpha value is -2.87. The van der Waals surface area contributed by atoms with Crippen molar-refractivity contribution >= 4 is 39.6 Å². The molecular formula is C18H18BrN3O4. The fourth-order valence-electron chi connectivity index (χ4n) is 2.05. The molecule has 2 N–H and O–H groups in total. The molecule has 0 bridgehead atoms. The summed E-state index contributed by atoms with van der Waals surface area (Å²) in [5.74, 6) is 0.159. The molecule has 2 aromatic rings. The normalized spacial score (nSPS) is 10.4. The van der Waals surface area contributed by atoms with Crippen molar-refractivity contribution in [2.24, 2.45) is 5.10 Å². The van der Waals surface area contributed by atoms with Crippen LogP contribution in [0.3, 0.4) is 0 Å². The van der Waals surface area contributed by atoms with Crippen LogP contribution in [0.4, 0.5) is 5.69 Å². The summed E-state index contributed by atoms with van der Waals surface area (Å²) in [7, 11) is 3.07. The number of amides is 2. The first-order valence-electron chi connectivity index (χ1n) is 7.61. The molecule has 0 atom stereocenters. The van der Waals surface area contributed by atoms with Crippen LogP contribution in [0.2, 0.25) is 0 Å². The zero-order valence-electron chi connectivity index (χ0n) is 14.3. The van der Waals surface area contributed by atoms with Gasteiger partial charge >= 0.3 is 0 Å². The lowest BCUT2D eigenvalue weighted by atomic mass is 10.2. The number of ether oxygens (including phenoxy) is 2. The Morgan fingerprint density at radius 1 is 1.08 bits per heavy atom. The number of carbonyl (C=O) groups excluding carboxylic acids is 2. The maximum Gasteiger partial charge on any atom is 0.249 e. The number of para-hydroxylation sites is 1. The molecule has 136 valence electrons. The molecular weight excluding hydrogens is 402 g/mol. The molecule has 8 heteroatoms. The van der Waals surface area contributed by atoms with Gasteiger partial charge in [0, 0.05) is 15.7 Å². The van der Waals surface area contributed by atoms with Gasteiger partial charge in [0.2, 0.25) is 11.8 Å². The summed E-state index contributed by atoms with van der Waals surface area (Å²) in [6.07, 6.45) is 1.11. The molecule has 0 aliphatic carbocycles. The lowest BCUT2D eigenvalue weighted by molar-refractivity contribution is -0.126. The van der Waals surface area contributed by atoms with E-state index in [1.165, 1.54) is 13.3 Å². The predicted molar refractivity (Wildman–Crippen MR) is 103 cm³/mol. The highest BCUT2D eigenvalue weighted by Crippen LogP contribution is 2.32. The van der Waals surface area contributed by atoms with E-state index in [4.69, 9.17) is 9.47 Å². The Balaban J connectivity index is 1.91. The zero-order chi connectivity index (χ0) is 18.9. The van der Waals surface area contributed by atoms with E-state index in [9.17, 15) is 9.59 Å². The highest BCUT2D eigenvalue weighted by molar-refractivity contribution is 9.10. The second-order valence-corrected chi connectivity index (χ2v) is 5.97.